The van der Waals surface area contributed by atoms with Crippen molar-refractivity contribution in [1.29, 1.82) is 0 Å². The van der Waals surface area contributed by atoms with E-state index >= 15 is 0 Å². The number of ether oxygens (including phenoxy) is 2. The molecular weight excluding hydrogens is 228 g/mol. The van der Waals surface area contributed by atoms with Crippen LogP contribution in [0, 0.1) is 0 Å². The predicted molar refractivity (Wildman–Crippen MR) is 59.2 cm³/mol. The molecule has 0 aliphatic carbocycles. The monoisotopic (exact) mass is 250 g/mol. The average Bonchev–Trinajstić information content (AvgIpc) is 2.62. The molecule has 1 aliphatic heterocycles. The highest BCUT2D eigenvalue weighted by atomic mass is 16.6. The van der Waals surface area contributed by atoms with Crippen LogP contribution in [0.4, 0.5) is 0 Å². The van der Waals surface area contributed by atoms with Crippen molar-refractivity contribution in [3.63, 3.8) is 0 Å². The minimum atomic E-state index is -1.02. The van der Waals surface area contributed by atoms with Gasteiger partial charge in [0.15, 0.2) is 6.29 Å². The van der Waals surface area contributed by atoms with Crippen LogP contribution in [-0.2, 0) is 9.47 Å². The van der Waals surface area contributed by atoms with Gasteiger partial charge in [-0.3, -0.25) is 0 Å². The lowest BCUT2D eigenvalue weighted by Gasteiger charge is -2.29. The summed E-state index contributed by atoms with van der Waals surface area (Å²) in [5, 5.41) is 37.8. The zero-order valence-electron chi connectivity index (χ0n) is 10.2. The first-order valence-electron chi connectivity index (χ1n) is 5.91. The summed E-state index contributed by atoms with van der Waals surface area (Å²) < 4.78 is 10.6. The quantitative estimate of drug-likeness (QED) is 0.451. The molecule has 1 rings (SSSR count). The van der Waals surface area contributed by atoms with E-state index in [2.05, 4.69) is 0 Å². The van der Waals surface area contributed by atoms with Gasteiger partial charge in [-0.05, 0) is 20.3 Å². The van der Waals surface area contributed by atoms with Crippen LogP contribution in [0.1, 0.15) is 26.7 Å². The van der Waals surface area contributed by atoms with Crippen LogP contribution in [0.25, 0.3) is 0 Å². The largest absolute Gasteiger partial charge is 0.391 e. The van der Waals surface area contributed by atoms with Crippen LogP contribution >= 0.6 is 0 Å². The lowest BCUT2D eigenvalue weighted by atomic mass is 10.00. The van der Waals surface area contributed by atoms with Crippen LogP contribution in [0.2, 0.25) is 0 Å². The van der Waals surface area contributed by atoms with Gasteiger partial charge in [-0.15, -0.1) is 0 Å². The third-order valence-corrected chi connectivity index (χ3v) is 2.87. The Hall–Kier alpha value is -0.240. The molecule has 1 heterocycles. The Morgan fingerprint density at radius 3 is 2.35 bits per heavy atom. The summed E-state index contributed by atoms with van der Waals surface area (Å²) in [5.74, 6) is 0. The van der Waals surface area contributed by atoms with Crippen LogP contribution in [0.15, 0.2) is 0 Å². The highest BCUT2D eigenvalue weighted by Gasteiger charge is 2.36. The number of aliphatic hydroxyl groups is 4. The lowest BCUT2D eigenvalue weighted by molar-refractivity contribution is -0.180. The second kappa shape index (κ2) is 6.63. The Morgan fingerprint density at radius 1 is 1.29 bits per heavy atom. The first-order chi connectivity index (χ1) is 7.91. The van der Waals surface area contributed by atoms with Crippen LogP contribution in [0.3, 0.4) is 0 Å². The Kier molecular flexibility index (Phi) is 5.78. The van der Waals surface area contributed by atoms with E-state index in [-0.39, 0.29) is 6.42 Å². The van der Waals surface area contributed by atoms with Crippen molar-refractivity contribution in [2.45, 2.75) is 63.5 Å². The van der Waals surface area contributed by atoms with Gasteiger partial charge in [0.1, 0.15) is 6.10 Å². The van der Waals surface area contributed by atoms with Gasteiger partial charge >= 0.3 is 0 Å². The molecule has 0 radical (unpaired) electrons. The molecule has 0 aromatic carbocycles. The second-order valence-corrected chi connectivity index (χ2v) is 4.51. The molecular formula is C11H22O6. The minimum absolute atomic E-state index is 0.101. The van der Waals surface area contributed by atoms with E-state index in [9.17, 15) is 20.4 Å². The van der Waals surface area contributed by atoms with Crippen molar-refractivity contribution in [2.24, 2.45) is 0 Å². The van der Waals surface area contributed by atoms with Crippen molar-refractivity contribution in [3.05, 3.63) is 0 Å². The van der Waals surface area contributed by atoms with Gasteiger partial charge in [-0.1, -0.05) is 0 Å². The average molecular weight is 250 g/mol. The van der Waals surface area contributed by atoms with E-state index in [1.807, 2.05) is 0 Å². The molecule has 4 N–H and O–H groups in total. The van der Waals surface area contributed by atoms with Crippen LogP contribution in [-0.4, -0.2) is 63.8 Å². The smallest absolute Gasteiger partial charge is 0.152 e. The van der Waals surface area contributed by atoms with Gasteiger partial charge in [0, 0.05) is 13.0 Å². The standard InChI is InChI=1S/C11H22O6/c1-6(12)9(15)5-10(17-7(2)13)11-8(14)3-4-16-11/h6-15H,3-5H2,1-2H3. The maximum Gasteiger partial charge on any atom is 0.152 e. The molecule has 6 nitrogen and oxygen atoms in total. The maximum absolute atomic E-state index is 9.69. The van der Waals surface area contributed by atoms with Crippen LogP contribution < -0.4 is 0 Å². The molecule has 0 aromatic rings. The van der Waals surface area contributed by atoms with Gasteiger partial charge in [0.25, 0.3) is 0 Å². The molecule has 17 heavy (non-hydrogen) atoms. The van der Waals surface area contributed by atoms with Crippen molar-refractivity contribution in [1.82, 2.24) is 0 Å². The number of hydrogen-bond acceptors (Lipinski definition) is 6. The second-order valence-electron chi connectivity index (χ2n) is 4.51. The molecule has 6 unspecified atom stereocenters. The zero-order chi connectivity index (χ0) is 13.0. The summed E-state index contributed by atoms with van der Waals surface area (Å²) in [5.41, 5.74) is 0. The van der Waals surface area contributed by atoms with Crippen molar-refractivity contribution in [3.8, 4) is 0 Å². The Bertz CT molecular complexity index is 220. The van der Waals surface area contributed by atoms with E-state index in [1.165, 1.54) is 13.8 Å². The highest BCUT2D eigenvalue weighted by molar-refractivity contribution is 4.85. The van der Waals surface area contributed by atoms with Crippen molar-refractivity contribution in [2.75, 3.05) is 6.61 Å². The third-order valence-electron chi connectivity index (χ3n) is 2.87. The molecule has 0 aromatic heterocycles. The highest BCUT2D eigenvalue weighted by Crippen LogP contribution is 2.23. The van der Waals surface area contributed by atoms with E-state index in [4.69, 9.17) is 9.47 Å². The molecule has 0 spiro atoms. The fraction of sp³-hybridized carbons (Fsp3) is 1.00. The summed E-state index contributed by atoms with van der Waals surface area (Å²) in [6.45, 7) is 3.34. The SMILES string of the molecule is CC(O)OC(CC(O)C(C)O)C1OCCC1O. The van der Waals surface area contributed by atoms with E-state index in [0.717, 1.165) is 0 Å². The molecule has 0 saturated carbocycles. The van der Waals surface area contributed by atoms with Gasteiger partial charge in [0.2, 0.25) is 0 Å². The molecule has 1 aliphatic rings. The van der Waals surface area contributed by atoms with Gasteiger partial charge in [-0.25, -0.2) is 0 Å². The van der Waals surface area contributed by atoms with Crippen LogP contribution in [0.5, 0.6) is 0 Å². The van der Waals surface area contributed by atoms with E-state index < -0.39 is 36.8 Å². The molecule has 1 fully saturated rings. The molecule has 102 valence electrons. The maximum atomic E-state index is 9.69. The summed E-state index contributed by atoms with van der Waals surface area (Å²) in [4.78, 5) is 0. The Labute approximate surface area is 101 Å². The summed E-state index contributed by atoms with van der Waals surface area (Å²) >= 11 is 0. The Morgan fingerprint density at radius 2 is 1.94 bits per heavy atom. The van der Waals surface area contributed by atoms with Gasteiger partial charge < -0.3 is 29.9 Å². The third kappa shape index (κ3) is 4.50. The molecule has 6 atom stereocenters. The number of rotatable bonds is 6. The van der Waals surface area contributed by atoms with E-state index in [1.54, 1.807) is 0 Å². The molecule has 0 bridgehead atoms. The number of hydrogen-bond donors (Lipinski definition) is 4. The first-order valence-corrected chi connectivity index (χ1v) is 5.91. The Balaban J connectivity index is 2.59. The number of aliphatic hydroxyl groups excluding tert-OH is 4. The molecule has 6 heteroatoms. The zero-order valence-corrected chi connectivity index (χ0v) is 10.2. The predicted octanol–water partition coefficient (Wildman–Crippen LogP) is -1.01. The summed E-state index contributed by atoms with van der Waals surface area (Å²) in [7, 11) is 0. The fourth-order valence-electron chi connectivity index (χ4n) is 1.91. The van der Waals surface area contributed by atoms with Crippen molar-refractivity contribution >= 4 is 0 Å². The fourth-order valence-corrected chi connectivity index (χ4v) is 1.91. The topological polar surface area (TPSA) is 99.4 Å². The van der Waals surface area contributed by atoms with E-state index in [0.29, 0.717) is 13.0 Å². The van der Waals surface area contributed by atoms with Gasteiger partial charge in [-0.2, -0.15) is 0 Å². The van der Waals surface area contributed by atoms with Gasteiger partial charge in [0.05, 0.1) is 24.4 Å². The summed E-state index contributed by atoms with van der Waals surface area (Å²) in [6.07, 6.45) is -4.16. The molecule has 0 amide bonds. The first kappa shape index (κ1) is 14.8. The normalized spacial score (nSPS) is 32.1. The molecule has 1 saturated heterocycles. The van der Waals surface area contributed by atoms with Crippen molar-refractivity contribution < 1.29 is 29.9 Å². The minimum Gasteiger partial charge on any atom is -0.391 e. The lowest BCUT2D eigenvalue weighted by Crippen LogP contribution is -2.42. The summed E-state index contributed by atoms with van der Waals surface area (Å²) in [6, 6.07) is 0.